The largest absolute Gasteiger partial charge is 0.455 e. The van der Waals surface area contributed by atoms with Crippen LogP contribution in [0.25, 0.3) is 11.2 Å². The van der Waals surface area contributed by atoms with Gasteiger partial charge in [-0.2, -0.15) is 5.10 Å². The van der Waals surface area contributed by atoms with Crippen LogP contribution in [0, 0.1) is 0 Å². The number of pyridine rings is 1. The fourth-order valence-electron chi connectivity index (χ4n) is 3.36. The number of hydrogen-bond acceptors (Lipinski definition) is 5. The normalized spacial score (nSPS) is 12.1. The van der Waals surface area contributed by atoms with Crippen molar-refractivity contribution in [3.63, 3.8) is 0 Å². The van der Waals surface area contributed by atoms with E-state index in [1.54, 1.807) is 36.5 Å². The van der Waals surface area contributed by atoms with Crippen LogP contribution in [0.5, 0.6) is 11.5 Å². The first-order chi connectivity index (χ1) is 15.9. The highest BCUT2D eigenvalue weighted by atomic mass is 16.5. The summed E-state index contributed by atoms with van der Waals surface area (Å²) in [7, 11) is 0. The highest BCUT2D eigenvalue weighted by Crippen LogP contribution is 2.29. The van der Waals surface area contributed by atoms with E-state index in [1.807, 2.05) is 31.5 Å². The second-order valence-electron chi connectivity index (χ2n) is 10.1. The first kappa shape index (κ1) is 23.1. The molecule has 0 fully saturated rings. The van der Waals surface area contributed by atoms with Gasteiger partial charge in [-0.1, -0.05) is 20.8 Å². The zero-order valence-electron chi connectivity index (χ0n) is 20.1. The van der Waals surface area contributed by atoms with Crippen LogP contribution in [0.3, 0.4) is 0 Å². The maximum Gasteiger partial charge on any atom is 0.325 e. The summed E-state index contributed by atoms with van der Waals surface area (Å²) in [6.07, 6.45) is 1.55. The number of anilines is 2. The molecule has 0 atom stereocenters. The van der Waals surface area contributed by atoms with Crippen molar-refractivity contribution in [1.82, 2.24) is 24.7 Å². The lowest BCUT2D eigenvalue weighted by atomic mass is 9.92. The number of hydrogen-bond donors (Lipinski definition) is 4. The van der Waals surface area contributed by atoms with Gasteiger partial charge in [0.15, 0.2) is 11.4 Å². The van der Waals surface area contributed by atoms with Crippen molar-refractivity contribution in [2.24, 2.45) is 0 Å². The molecule has 0 aliphatic rings. The van der Waals surface area contributed by atoms with Crippen molar-refractivity contribution >= 4 is 28.7 Å². The number of rotatable bonds is 4. The molecule has 0 saturated carbocycles. The van der Waals surface area contributed by atoms with Crippen LogP contribution in [0.4, 0.5) is 16.3 Å². The van der Waals surface area contributed by atoms with Crippen LogP contribution in [0.15, 0.2) is 47.4 Å². The zero-order valence-corrected chi connectivity index (χ0v) is 20.1. The number of imidazole rings is 1. The third-order valence-corrected chi connectivity index (χ3v) is 5.08. The smallest absolute Gasteiger partial charge is 0.325 e. The Morgan fingerprint density at radius 2 is 1.71 bits per heavy atom. The van der Waals surface area contributed by atoms with Gasteiger partial charge >= 0.3 is 11.7 Å². The molecule has 10 nitrogen and oxygen atoms in total. The topological polar surface area (TPSA) is 130 Å². The van der Waals surface area contributed by atoms with Crippen molar-refractivity contribution in [2.75, 3.05) is 10.6 Å². The minimum absolute atomic E-state index is 0.146. The molecule has 2 amide bonds. The van der Waals surface area contributed by atoms with Gasteiger partial charge < -0.3 is 15.0 Å². The van der Waals surface area contributed by atoms with Gasteiger partial charge in [-0.05, 0) is 45.0 Å². The van der Waals surface area contributed by atoms with Gasteiger partial charge in [0.2, 0.25) is 0 Å². The van der Waals surface area contributed by atoms with Crippen LogP contribution < -0.4 is 21.1 Å². The predicted octanol–water partition coefficient (Wildman–Crippen LogP) is 4.94. The number of aromatic amines is 2. The number of ether oxygens (including phenoxy) is 1. The summed E-state index contributed by atoms with van der Waals surface area (Å²) in [6, 6.07) is 10.1. The lowest BCUT2D eigenvalue weighted by Crippen LogP contribution is -2.28. The molecule has 0 radical (unpaired) electrons. The molecule has 4 N–H and O–H groups in total. The SMILES string of the molecule is CC(C)(C)c1cc(NC(=O)Nc2ccc(Oc3ccnc4[nH]c(=O)[nH]c34)cc2)n(C(C)(C)C)n1. The van der Waals surface area contributed by atoms with Crippen LogP contribution in [-0.4, -0.2) is 30.8 Å². The molecule has 4 rings (SSSR count). The lowest BCUT2D eigenvalue weighted by Gasteiger charge is -2.23. The Morgan fingerprint density at radius 1 is 1.00 bits per heavy atom. The Bertz CT molecular complexity index is 1380. The van der Waals surface area contributed by atoms with Crippen molar-refractivity contribution < 1.29 is 9.53 Å². The Hall–Kier alpha value is -4.08. The van der Waals surface area contributed by atoms with E-state index in [1.165, 1.54) is 0 Å². The highest BCUT2D eigenvalue weighted by molar-refractivity contribution is 5.99. The van der Waals surface area contributed by atoms with Crippen LogP contribution >= 0.6 is 0 Å². The van der Waals surface area contributed by atoms with E-state index in [4.69, 9.17) is 9.84 Å². The zero-order chi connectivity index (χ0) is 24.7. The fourth-order valence-corrected chi connectivity index (χ4v) is 3.36. The highest BCUT2D eigenvalue weighted by Gasteiger charge is 2.25. The lowest BCUT2D eigenvalue weighted by molar-refractivity contribution is 0.261. The Morgan fingerprint density at radius 3 is 2.35 bits per heavy atom. The summed E-state index contributed by atoms with van der Waals surface area (Å²) in [6.45, 7) is 12.4. The molecule has 3 heterocycles. The standard InChI is InChI=1S/C24H29N7O3/c1-23(2,3)17-13-18(31(30-17)24(4,5)6)27-21(32)26-14-7-9-15(10-8-14)34-16-11-12-25-20-19(16)28-22(33)29-20/h7-13H,1-6H3,(H2,26,27,32)(H2,25,28,29,33). The Balaban J connectivity index is 1.46. The maximum absolute atomic E-state index is 12.7. The molecule has 4 aromatic rings. The summed E-state index contributed by atoms with van der Waals surface area (Å²) < 4.78 is 7.70. The van der Waals surface area contributed by atoms with Gasteiger partial charge in [0.25, 0.3) is 0 Å². The van der Waals surface area contributed by atoms with Gasteiger partial charge in [-0.15, -0.1) is 0 Å². The number of H-pyrrole nitrogens is 2. The summed E-state index contributed by atoms with van der Waals surface area (Å²) in [5.74, 6) is 1.63. The van der Waals surface area contributed by atoms with Crippen LogP contribution in [-0.2, 0) is 11.0 Å². The summed E-state index contributed by atoms with van der Waals surface area (Å²) in [5, 5.41) is 10.5. The monoisotopic (exact) mass is 463 g/mol. The van der Waals surface area contributed by atoms with Crippen molar-refractivity contribution in [3.8, 4) is 11.5 Å². The Kier molecular flexibility index (Phi) is 5.68. The van der Waals surface area contributed by atoms with Gasteiger partial charge in [0.05, 0.1) is 11.2 Å². The number of nitrogens with zero attached hydrogens (tertiary/aromatic N) is 3. The molecular weight excluding hydrogens is 434 g/mol. The number of fused-ring (bicyclic) bond motifs is 1. The van der Waals surface area contributed by atoms with Crippen molar-refractivity contribution in [1.29, 1.82) is 0 Å². The number of carbonyl (C=O) groups is 1. The number of nitrogens with one attached hydrogen (secondary N) is 4. The molecule has 0 aliphatic carbocycles. The third kappa shape index (κ3) is 4.95. The summed E-state index contributed by atoms with van der Waals surface area (Å²) in [4.78, 5) is 33.6. The molecule has 1 aromatic carbocycles. The van der Waals surface area contributed by atoms with Gasteiger partial charge in [0.1, 0.15) is 17.1 Å². The number of benzene rings is 1. The summed E-state index contributed by atoms with van der Waals surface area (Å²) >= 11 is 0. The predicted molar refractivity (Wildman–Crippen MR) is 132 cm³/mol. The molecule has 0 bridgehead atoms. The second-order valence-corrected chi connectivity index (χ2v) is 10.1. The van der Waals surface area contributed by atoms with E-state index in [9.17, 15) is 9.59 Å². The third-order valence-electron chi connectivity index (χ3n) is 5.08. The number of carbonyl (C=O) groups excluding carboxylic acids is 1. The average molecular weight is 464 g/mol. The molecule has 10 heteroatoms. The molecule has 0 unspecified atom stereocenters. The quantitative estimate of drug-likeness (QED) is 0.341. The molecule has 0 spiro atoms. The van der Waals surface area contributed by atoms with E-state index >= 15 is 0 Å². The van der Waals surface area contributed by atoms with E-state index in [-0.39, 0.29) is 22.7 Å². The van der Waals surface area contributed by atoms with Gasteiger partial charge in [0, 0.05) is 29.4 Å². The second kappa shape index (κ2) is 8.36. The van der Waals surface area contributed by atoms with Crippen molar-refractivity contribution in [3.05, 3.63) is 58.8 Å². The maximum atomic E-state index is 12.7. The summed E-state index contributed by atoms with van der Waals surface area (Å²) in [5.41, 5.74) is 1.60. The minimum Gasteiger partial charge on any atom is -0.455 e. The number of urea groups is 1. The van der Waals surface area contributed by atoms with Crippen molar-refractivity contribution in [2.45, 2.75) is 52.5 Å². The molecule has 0 aliphatic heterocycles. The molecule has 3 aromatic heterocycles. The minimum atomic E-state index is -0.375. The van der Waals surface area contributed by atoms with E-state index in [0.29, 0.717) is 34.2 Å². The van der Waals surface area contributed by atoms with Gasteiger partial charge in [-0.25, -0.2) is 19.3 Å². The first-order valence-corrected chi connectivity index (χ1v) is 10.9. The van der Waals surface area contributed by atoms with Gasteiger partial charge in [-0.3, -0.25) is 10.3 Å². The molecular formula is C24H29N7O3. The molecule has 34 heavy (non-hydrogen) atoms. The van der Waals surface area contributed by atoms with E-state index < -0.39 is 0 Å². The number of amides is 2. The first-order valence-electron chi connectivity index (χ1n) is 10.9. The molecule has 0 saturated heterocycles. The fraction of sp³-hybridized carbons (Fsp3) is 0.333. The average Bonchev–Trinajstić information content (AvgIpc) is 3.32. The van der Waals surface area contributed by atoms with Crippen LogP contribution in [0.2, 0.25) is 0 Å². The number of aromatic nitrogens is 5. The van der Waals surface area contributed by atoms with E-state index in [0.717, 1.165) is 5.69 Å². The van der Waals surface area contributed by atoms with E-state index in [2.05, 4.69) is 46.4 Å². The Labute approximate surface area is 196 Å². The van der Waals surface area contributed by atoms with Crippen LogP contribution in [0.1, 0.15) is 47.2 Å². The molecule has 178 valence electrons.